The highest BCUT2D eigenvalue weighted by molar-refractivity contribution is 7.09. The van der Waals surface area contributed by atoms with Gasteiger partial charge in [0.05, 0.1) is 22.0 Å². The maximum atomic E-state index is 13.1. The normalized spacial score (nSPS) is 14.7. The Labute approximate surface area is 219 Å². The number of benzene rings is 1. The van der Waals surface area contributed by atoms with E-state index in [2.05, 4.69) is 25.6 Å². The van der Waals surface area contributed by atoms with Gasteiger partial charge in [0.25, 0.3) is 11.8 Å². The van der Waals surface area contributed by atoms with Crippen LogP contribution in [0.15, 0.2) is 35.7 Å². The number of halogens is 3. The van der Waals surface area contributed by atoms with E-state index < -0.39 is 17.6 Å². The maximum Gasteiger partial charge on any atom is 0.416 e. The number of aromatic nitrogens is 5. The number of aryl methyl sites for hydroxylation is 2. The van der Waals surface area contributed by atoms with Gasteiger partial charge in [0.2, 0.25) is 0 Å². The largest absolute Gasteiger partial charge is 0.416 e. The number of amides is 2. The molecule has 38 heavy (non-hydrogen) atoms. The number of fused-ring (bicyclic) bond motifs is 1. The van der Waals surface area contributed by atoms with Gasteiger partial charge in [-0.25, -0.2) is 9.50 Å². The van der Waals surface area contributed by atoms with Crippen LogP contribution in [0.25, 0.3) is 5.65 Å². The molecule has 0 atom stereocenters. The van der Waals surface area contributed by atoms with E-state index in [1.807, 2.05) is 6.92 Å². The van der Waals surface area contributed by atoms with Crippen molar-refractivity contribution in [2.24, 2.45) is 0 Å². The van der Waals surface area contributed by atoms with Crippen LogP contribution in [0, 0.1) is 13.8 Å². The third-order valence-corrected chi connectivity index (χ3v) is 7.56. The van der Waals surface area contributed by atoms with Crippen LogP contribution in [-0.4, -0.2) is 54.6 Å². The van der Waals surface area contributed by atoms with E-state index in [1.54, 1.807) is 27.8 Å². The number of rotatable bonds is 5. The molecule has 198 valence electrons. The van der Waals surface area contributed by atoms with Crippen molar-refractivity contribution < 1.29 is 22.8 Å². The molecule has 0 radical (unpaired) electrons. The lowest BCUT2D eigenvalue weighted by Crippen LogP contribution is -2.39. The van der Waals surface area contributed by atoms with Crippen LogP contribution in [0.1, 0.15) is 67.3 Å². The number of piperidine rings is 1. The zero-order chi connectivity index (χ0) is 27.0. The fraction of sp³-hybridized carbons (Fsp3) is 0.360. The zero-order valence-corrected chi connectivity index (χ0v) is 21.4. The molecular weight excluding hydrogens is 519 g/mol. The standard InChI is InChI=1S/C25H24F3N7O2S/c1-14-11-20-31-32-21(15(2)35(20)33-14)24(37)34-9-7-17(8-10-34)23-30-19(13-38-23)22(36)29-12-16-3-5-18(6-4-16)25(26,27)28/h3-6,11,13,17H,7-10,12H2,1-2H3,(H,29,36). The number of carbonyl (C=O) groups excluding carboxylic acids is 2. The van der Waals surface area contributed by atoms with Gasteiger partial charge in [-0.3, -0.25) is 9.59 Å². The average Bonchev–Trinajstić information content (AvgIpc) is 3.54. The van der Waals surface area contributed by atoms with Gasteiger partial charge >= 0.3 is 6.18 Å². The number of carbonyl (C=O) groups is 2. The zero-order valence-electron chi connectivity index (χ0n) is 20.6. The van der Waals surface area contributed by atoms with E-state index in [4.69, 9.17) is 0 Å². The van der Waals surface area contributed by atoms with E-state index >= 15 is 0 Å². The van der Waals surface area contributed by atoms with Crippen molar-refractivity contribution in [1.82, 2.24) is 35.0 Å². The summed E-state index contributed by atoms with van der Waals surface area (Å²) >= 11 is 1.39. The van der Waals surface area contributed by atoms with E-state index in [-0.39, 0.29) is 29.8 Å². The minimum absolute atomic E-state index is 0.0938. The van der Waals surface area contributed by atoms with Crippen molar-refractivity contribution in [3.63, 3.8) is 0 Å². The molecule has 0 unspecified atom stereocenters. The Morgan fingerprint density at radius 1 is 1.11 bits per heavy atom. The van der Waals surface area contributed by atoms with Crippen molar-refractivity contribution in [3.8, 4) is 0 Å². The van der Waals surface area contributed by atoms with Gasteiger partial charge in [-0.15, -0.1) is 21.5 Å². The summed E-state index contributed by atoms with van der Waals surface area (Å²) in [4.78, 5) is 31.9. The van der Waals surface area contributed by atoms with Gasteiger partial charge in [0.1, 0.15) is 5.69 Å². The summed E-state index contributed by atoms with van der Waals surface area (Å²) in [5.74, 6) is -0.465. The molecule has 4 aromatic rings. The summed E-state index contributed by atoms with van der Waals surface area (Å²) in [5.41, 5.74) is 2.40. The minimum atomic E-state index is -4.40. The summed E-state index contributed by atoms with van der Waals surface area (Å²) in [5, 5.41) is 17.8. The molecule has 9 nitrogen and oxygen atoms in total. The summed E-state index contributed by atoms with van der Waals surface area (Å²) in [6.45, 7) is 4.79. The molecule has 0 aliphatic carbocycles. The highest BCUT2D eigenvalue weighted by Crippen LogP contribution is 2.31. The van der Waals surface area contributed by atoms with Crippen LogP contribution in [0.3, 0.4) is 0 Å². The third kappa shape index (κ3) is 5.23. The fourth-order valence-corrected chi connectivity index (χ4v) is 5.39. The number of likely N-dealkylation sites (tertiary alicyclic amines) is 1. The first-order valence-corrected chi connectivity index (χ1v) is 12.9. The molecule has 0 spiro atoms. The Balaban J connectivity index is 1.16. The van der Waals surface area contributed by atoms with Crippen molar-refractivity contribution in [2.45, 2.75) is 45.3 Å². The lowest BCUT2D eigenvalue weighted by atomic mass is 9.97. The number of alkyl halides is 3. The molecular formula is C25H24F3N7O2S. The van der Waals surface area contributed by atoms with E-state index in [9.17, 15) is 22.8 Å². The molecule has 0 bridgehead atoms. The SMILES string of the molecule is Cc1cc2nnc(C(=O)N3CCC(c4nc(C(=O)NCc5ccc(C(F)(F)F)cc5)cs4)CC3)c(C)n2n1. The topological polar surface area (TPSA) is 105 Å². The average molecular weight is 544 g/mol. The van der Waals surface area contributed by atoms with Crippen molar-refractivity contribution >= 4 is 28.8 Å². The third-order valence-electron chi connectivity index (χ3n) is 6.55. The van der Waals surface area contributed by atoms with Gasteiger partial charge in [0, 0.05) is 37.0 Å². The van der Waals surface area contributed by atoms with Crippen molar-refractivity contribution in [3.05, 3.63) is 74.6 Å². The van der Waals surface area contributed by atoms with Gasteiger partial charge in [0.15, 0.2) is 11.3 Å². The highest BCUT2D eigenvalue weighted by Gasteiger charge is 2.30. The first-order chi connectivity index (χ1) is 18.1. The molecule has 4 heterocycles. The lowest BCUT2D eigenvalue weighted by Gasteiger charge is -2.31. The molecule has 1 fully saturated rings. The van der Waals surface area contributed by atoms with Crippen LogP contribution < -0.4 is 5.32 Å². The molecule has 13 heteroatoms. The fourth-order valence-electron chi connectivity index (χ4n) is 4.42. The van der Waals surface area contributed by atoms with Crippen molar-refractivity contribution in [1.29, 1.82) is 0 Å². The van der Waals surface area contributed by atoms with Crippen LogP contribution >= 0.6 is 11.3 Å². The summed E-state index contributed by atoms with van der Waals surface area (Å²) in [6.07, 6.45) is -3.01. The Bertz CT molecular complexity index is 1490. The van der Waals surface area contributed by atoms with Crippen LogP contribution in [0.5, 0.6) is 0 Å². The number of nitrogens with one attached hydrogen (secondary N) is 1. The van der Waals surface area contributed by atoms with Gasteiger partial charge in [-0.05, 0) is 44.4 Å². The molecule has 3 aromatic heterocycles. The lowest BCUT2D eigenvalue weighted by molar-refractivity contribution is -0.137. The quantitative estimate of drug-likeness (QED) is 0.405. The minimum Gasteiger partial charge on any atom is -0.347 e. The molecule has 2 amide bonds. The molecule has 1 N–H and O–H groups in total. The second kappa shape index (κ2) is 10.1. The molecule has 1 aliphatic heterocycles. The van der Waals surface area contributed by atoms with E-state index in [1.165, 1.54) is 23.5 Å². The maximum absolute atomic E-state index is 13.1. The molecule has 0 saturated carbocycles. The first-order valence-electron chi connectivity index (χ1n) is 12.0. The van der Waals surface area contributed by atoms with Crippen molar-refractivity contribution in [2.75, 3.05) is 13.1 Å². The van der Waals surface area contributed by atoms with Crippen LogP contribution in [0.4, 0.5) is 13.2 Å². The molecule has 1 aromatic carbocycles. The Kier molecular flexibility index (Phi) is 6.86. The number of thiazole rings is 1. The Hall–Kier alpha value is -3.87. The second-order valence-corrected chi connectivity index (χ2v) is 10.1. The monoisotopic (exact) mass is 543 g/mol. The number of hydrogen-bond acceptors (Lipinski definition) is 7. The predicted octanol–water partition coefficient (Wildman–Crippen LogP) is 4.17. The smallest absolute Gasteiger partial charge is 0.347 e. The Morgan fingerprint density at radius 2 is 1.82 bits per heavy atom. The number of nitrogens with zero attached hydrogens (tertiary/aromatic N) is 6. The second-order valence-electron chi connectivity index (χ2n) is 9.20. The predicted molar refractivity (Wildman–Crippen MR) is 133 cm³/mol. The summed E-state index contributed by atoms with van der Waals surface area (Å²) in [6, 6.07) is 6.46. The Morgan fingerprint density at radius 3 is 2.50 bits per heavy atom. The van der Waals surface area contributed by atoms with Gasteiger partial charge in [-0.1, -0.05) is 12.1 Å². The first kappa shape index (κ1) is 25.8. The molecule has 1 aliphatic rings. The summed E-state index contributed by atoms with van der Waals surface area (Å²) in [7, 11) is 0. The van der Waals surface area contributed by atoms with Gasteiger partial charge in [-0.2, -0.15) is 18.3 Å². The van der Waals surface area contributed by atoms with Crippen LogP contribution in [-0.2, 0) is 12.7 Å². The molecule has 1 saturated heterocycles. The molecule has 5 rings (SSSR count). The highest BCUT2D eigenvalue weighted by atomic mass is 32.1. The van der Waals surface area contributed by atoms with E-state index in [0.717, 1.165) is 22.8 Å². The number of hydrogen-bond donors (Lipinski definition) is 1. The van der Waals surface area contributed by atoms with Crippen LogP contribution in [0.2, 0.25) is 0 Å². The van der Waals surface area contributed by atoms with Gasteiger partial charge < -0.3 is 10.2 Å². The summed E-state index contributed by atoms with van der Waals surface area (Å²) < 4.78 is 39.8. The van der Waals surface area contributed by atoms with E-state index in [0.29, 0.717) is 42.8 Å².